The Hall–Kier alpha value is -2.11. The van der Waals surface area contributed by atoms with Crippen LogP contribution < -0.4 is 10.1 Å². The number of ether oxygens (including phenoxy) is 1. The summed E-state index contributed by atoms with van der Waals surface area (Å²) >= 11 is 7.36. The van der Waals surface area contributed by atoms with Gasteiger partial charge in [-0.15, -0.1) is 0 Å². The van der Waals surface area contributed by atoms with E-state index in [2.05, 4.69) is 10.3 Å². The van der Waals surface area contributed by atoms with Gasteiger partial charge in [0.25, 0.3) is 0 Å². The summed E-state index contributed by atoms with van der Waals surface area (Å²) in [5, 5.41) is 4.08. The van der Waals surface area contributed by atoms with Gasteiger partial charge in [0.05, 0.1) is 16.8 Å². The van der Waals surface area contributed by atoms with Crippen molar-refractivity contribution < 1.29 is 9.53 Å². The molecule has 0 aliphatic heterocycles. The zero-order valence-corrected chi connectivity index (χ0v) is 13.9. The Bertz CT molecular complexity index is 805. The molecule has 118 valence electrons. The van der Waals surface area contributed by atoms with E-state index in [1.807, 2.05) is 42.5 Å². The molecule has 3 rings (SSSR count). The highest BCUT2D eigenvalue weighted by atomic mass is 35.5. The van der Waals surface area contributed by atoms with Gasteiger partial charge in [0, 0.05) is 11.4 Å². The fraction of sp³-hybridized carbons (Fsp3) is 0.176. The molecule has 0 bridgehead atoms. The zero-order chi connectivity index (χ0) is 16.1. The third-order valence-corrected chi connectivity index (χ3v) is 4.33. The second-order valence-corrected chi connectivity index (χ2v) is 6.41. The molecule has 0 aliphatic rings. The standard InChI is InChI=1S/C17H15ClN2O2S/c18-12-8-9-14-15(11-12)23-17(19-14)20-16(21)7-4-10-22-13-5-2-1-3-6-13/h1-3,5-6,8-9,11H,4,7,10H2,(H,19,20,21). The Kier molecular flexibility index (Phi) is 5.10. The molecule has 0 saturated heterocycles. The van der Waals surface area contributed by atoms with Gasteiger partial charge in [-0.3, -0.25) is 4.79 Å². The smallest absolute Gasteiger partial charge is 0.226 e. The summed E-state index contributed by atoms with van der Waals surface area (Å²) < 4.78 is 6.52. The summed E-state index contributed by atoms with van der Waals surface area (Å²) in [6.45, 7) is 0.507. The van der Waals surface area contributed by atoms with Crippen LogP contribution in [0.2, 0.25) is 5.02 Å². The largest absolute Gasteiger partial charge is 0.494 e. The minimum atomic E-state index is -0.0631. The molecular formula is C17H15ClN2O2S. The fourth-order valence-electron chi connectivity index (χ4n) is 2.07. The number of anilines is 1. The highest BCUT2D eigenvalue weighted by molar-refractivity contribution is 7.22. The lowest BCUT2D eigenvalue weighted by Crippen LogP contribution is -2.12. The van der Waals surface area contributed by atoms with Crippen molar-refractivity contribution in [1.29, 1.82) is 0 Å². The number of fused-ring (bicyclic) bond motifs is 1. The number of nitrogens with zero attached hydrogens (tertiary/aromatic N) is 1. The van der Waals surface area contributed by atoms with Gasteiger partial charge < -0.3 is 10.1 Å². The molecule has 1 amide bonds. The number of rotatable bonds is 6. The number of aromatic nitrogens is 1. The van der Waals surface area contributed by atoms with Crippen LogP contribution in [0.3, 0.4) is 0 Å². The SMILES string of the molecule is O=C(CCCOc1ccccc1)Nc1nc2ccc(Cl)cc2s1. The van der Waals surface area contributed by atoms with Crippen molar-refractivity contribution in [3.8, 4) is 5.75 Å². The van der Waals surface area contributed by atoms with Gasteiger partial charge in [0.1, 0.15) is 5.75 Å². The Labute approximate surface area is 143 Å². The number of thiazole rings is 1. The normalized spacial score (nSPS) is 10.7. The molecule has 3 aromatic rings. The maximum Gasteiger partial charge on any atom is 0.226 e. The summed E-state index contributed by atoms with van der Waals surface area (Å²) in [7, 11) is 0. The third kappa shape index (κ3) is 4.43. The maximum atomic E-state index is 11.9. The number of hydrogen-bond donors (Lipinski definition) is 1. The number of para-hydroxylation sites is 1. The van der Waals surface area contributed by atoms with Crippen molar-refractivity contribution in [3.63, 3.8) is 0 Å². The van der Waals surface area contributed by atoms with E-state index in [0.717, 1.165) is 16.0 Å². The van der Waals surface area contributed by atoms with Crippen LogP contribution in [0.5, 0.6) is 5.75 Å². The molecule has 0 aliphatic carbocycles. The van der Waals surface area contributed by atoms with Crippen molar-refractivity contribution in [3.05, 3.63) is 53.6 Å². The minimum Gasteiger partial charge on any atom is -0.494 e. The van der Waals surface area contributed by atoms with Crippen molar-refractivity contribution in [1.82, 2.24) is 4.98 Å². The van der Waals surface area contributed by atoms with E-state index < -0.39 is 0 Å². The topological polar surface area (TPSA) is 51.2 Å². The summed E-state index contributed by atoms with van der Waals surface area (Å²) in [5.41, 5.74) is 0.835. The predicted molar refractivity (Wildman–Crippen MR) is 94.4 cm³/mol. The number of halogens is 1. The van der Waals surface area contributed by atoms with Gasteiger partial charge >= 0.3 is 0 Å². The molecule has 2 aromatic carbocycles. The Balaban J connectivity index is 1.46. The molecule has 0 atom stereocenters. The van der Waals surface area contributed by atoms with Gasteiger partial charge in [-0.05, 0) is 36.8 Å². The summed E-state index contributed by atoms with van der Waals surface area (Å²) in [6.07, 6.45) is 1.04. The van der Waals surface area contributed by atoms with E-state index in [0.29, 0.717) is 29.6 Å². The van der Waals surface area contributed by atoms with E-state index in [1.54, 1.807) is 6.07 Å². The van der Waals surface area contributed by atoms with E-state index >= 15 is 0 Å². The van der Waals surface area contributed by atoms with Gasteiger partial charge in [0.2, 0.25) is 5.91 Å². The Morgan fingerprint density at radius 2 is 2.04 bits per heavy atom. The second-order valence-electron chi connectivity index (χ2n) is 4.94. The number of carbonyl (C=O) groups excluding carboxylic acids is 1. The first-order chi connectivity index (χ1) is 11.2. The highest BCUT2D eigenvalue weighted by Gasteiger charge is 2.08. The van der Waals surface area contributed by atoms with Crippen LogP contribution in [0.1, 0.15) is 12.8 Å². The van der Waals surface area contributed by atoms with E-state index in [1.165, 1.54) is 11.3 Å². The molecule has 0 radical (unpaired) electrons. The summed E-state index contributed by atoms with van der Waals surface area (Å²) in [5.74, 6) is 0.753. The van der Waals surface area contributed by atoms with Crippen molar-refractivity contribution in [2.75, 3.05) is 11.9 Å². The molecular weight excluding hydrogens is 332 g/mol. The van der Waals surface area contributed by atoms with Gasteiger partial charge in [-0.1, -0.05) is 41.1 Å². The zero-order valence-electron chi connectivity index (χ0n) is 12.3. The van der Waals surface area contributed by atoms with Crippen LogP contribution in [0, 0.1) is 0 Å². The molecule has 4 nitrogen and oxygen atoms in total. The molecule has 23 heavy (non-hydrogen) atoms. The van der Waals surface area contributed by atoms with Crippen LogP contribution in [0.25, 0.3) is 10.2 Å². The molecule has 0 unspecified atom stereocenters. The first-order valence-electron chi connectivity index (χ1n) is 7.24. The number of amides is 1. The average Bonchev–Trinajstić information content (AvgIpc) is 2.94. The molecule has 0 fully saturated rings. The maximum absolute atomic E-state index is 11.9. The summed E-state index contributed by atoms with van der Waals surface area (Å²) in [4.78, 5) is 16.3. The Morgan fingerprint density at radius 3 is 2.87 bits per heavy atom. The molecule has 0 spiro atoms. The van der Waals surface area contributed by atoms with Gasteiger partial charge in [0.15, 0.2) is 5.13 Å². The third-order valence-electron chi connectivity index (χ3n) is 3.16. The van der Waals surface area contributed by atoms with Gasteiger partial charge in [-0.25, -0.2) is 4.98 Å². The predicted octanol–water partition coefficient (Wildman–Crippen LogP) is 4.75. The molecule has 1 aromatic heterocycles. The van der Waals surface area contributed by atoms with Crippen molar-refractivity contribution in [2.45, 2.75) is 12.8 Å². The van der Waals surface area contributed by atoms with Crippen LogP contribution in [-0.4, -0.2) is 17.5 Å². The van der Waals surface area contributed by atoms with E-state index in [-0.39, 0.29) is 5.91 Å². The lowest BCUT2D eigenvalue weighted by molar-refractivity contribution is -0.116. The van der Waals surface area contributed by atoms with Crippen LogP contribution in [0.15, 0.2) is 48.5 Å². The molecule has 0 saturated carbocycles. The number of benzene rings is 2. The minimum absolute atomic E-state index is 0.0631. The number of carbonyl (C=O) groups is 1. The number of hydrogen-bond acceptors (Lipinski definition) is 4. The molecule has 1 heterocycles. The van der Waals surface area contributed by atoms with Crippen LogP contribution in [-0.2, 0) is 4.79 Å². The lowest BCUT2D eigenvalue weighted by Gasteiger charge is -2.05. The van der Waals surface area contributed by atoms with Crippen LogP contribution >= 0.6 is 22.9 Å². The summed E-state index contributed by atoms with van der Waals surface area (Å²) in [6, 6.07) is 15.0. The molecule has 6 heteroatoms. The van der Waals surface area contributed by atoms with E-state index in [9.17, 15) is 4.79 Å². The van der Waals surface area contributed by atoms with Crippen LogP contribution in [0.4, 0.5) is 5.13 Å². The monoisotopic (exact) mass is 346 g/mol. The fourth-order valence-corrected chi connectivity index (χ4v) is 3.23. The quantitative estimate of drug-likeness (QED) is 0.655. The highest BCUT2D eigenvalue weighted by Crippen LogP contribution is 2.28. The lowest BCUT2D eigenvalue weighted by atomic mass is 10.3. The average molecular weight is 347 g/mol. The van der Waals surface area contributed by atoms with Crippen molar-refractivity contribution in [2.24, 2.45) is 0 Å². The second kappa shape index (κ2) is 7.44. The Morgan fingerprint density at radius 1 is 1.22 bits per heavy atom. The first kappa shape index (κ1) is 15.8. The van der Waals surface area contributed by atoms with E-state index in [4.69, 9.17) is 16.3 Å². The first-order valence-corrected chi connectivity index (χ1v) is 8.44. The molecule has 1 N–H and O–H groups in total. The number of nitrogens with one attached hydrogen (secondary N) is 1. The van der Waals surface area contributed by atoms with Crippen molar-refractivity contribution >= 4 is 44.2 Å². The van der Waals surface area contributed by atoms with Gasteiger partial charge in [-0.2, -0.15) is 0 Å².